The molecule has 5 atom stereocenters. The monoisotopic (exact) mass is 548 g/mol. The lowest BCUT2D eigenvalue weighted by molar-refractivity contribution is -0.230. The van der Waals surface area contributed by atoms with Crippen LogP contribution in [0.5, 0.6) is 11.5 Å². The maximum atomic E-state index is 11.8. The molecule has 0 aliphatic heterocycles. The molecule has 8 heteroatoms. The standard InChI is InChI=1S/C31H48O8/c1-4-7-16-38-25-13-9-11-23(18-25)20-30(36,15-6-3)29(35)31(37,28(34)27(33)22-32)21-24-12-10-14-26(19-24)39-17-8-5-2/h9-14,18-19,27-29,32-37H,4-8,15-17,20-22H2,1-3H3/t27-,28+,29+,30?,31+/m0/s1. The molecule has 0 aliphatic carbocycles. The molecule has 2 aromatic carbocycles. The predicted molar refractivity (Wildman–Crippen MR) is 151 cm³/mol. The predicted octanol–water partition coefficient (Wildman–Crippen LogP) is 3.17. The topological polar surface area (TPSA) is 140 Å². The van der Waals surface area contributed by atoms with Crippen LogP contribution >= 0.6 is 0 Å². The average Bonchev–Trinajstić information content (AvgIpc) is 2.92. The van der Waals surface area contributed by atoms with E-state index in [0.29, 0.717) is 42.3 Å². The van der Waals surface area contributed by atoms with Crippen molar-refractivity contribution in [2.45, 2.75) is 102 Å². The quantitative estimate of drug-likeness (QED) is 0.147. The van der Waals surface area contributed by atoms with Crippen LogP contribution in [-0.4, -0.2) is 80.0 Å². The summed E-state index contributed by atoms with van der Waals surface area (Å²) in [6.07, 6.45) is -1.55. The Morgan fingerprint density at radius 3 is 1.72 bits per heavy atom. The van der Waals surface area contributed by atoms with E-state index in [1.165, 1.54) is 0 Å². The third kappa shape index (κ3) is 9.45. The van der Waals surface area contributed by atoms with E-state index in [4.69, 9.17) is 9.47 Å². The Bertz CT molecular complexity index is 969. The molecule has 0 saturated heterocycles. The van der Waals surface area contributed by atoms with E-state index in [2.05, 4.69) is 13.8 Å². The zero-order chi connectivity index (χ0) is 28.9. The summed E-state index contributed by atoms with van der Waals surface area (Å²) in [6.45, 7) is 6.23. The highest BCUT2D eigenvalue weighted by atomic mass is 16.5. The van der Waals surface area contributed by atoms with E-state index >= 15 is 0 Å². The van der Waals surface area contributed by atoms with Gasteiger partial charge in [-0.05, 0) is 54.7 Å². The van der Waals surface area contributed by atoms with Gasteiger partial charge in [-0.15, -0.1) is 0 Å². The molecule has 0 aliphatic rings. The van der Waals surface area contributed by atoms with Crippen molar-refractivity contribution >= 4 is 0 Å². The Kier molecular flexibility index (Phi) is 13.7. The molecular formula is C31H48O8. The molecule has 0 amide bonds. The zero-order valence-electron chi connectivity index (χ0n) is 23.6. The summed E-state index contributed by atoms with van der Waals surface area (Å²) in [5.41, 5.74) is -3.05. The van der Waals surface area contributed by atoms with Gasteiger partial charge in [-0.2, -0.15) is 0 Å². The van der Waals surface area contributed by atoms with Crippen molar-refractivity contribution in [1.82, 2.24) is 0 Å². The lowest BCUT2D eigenvalue weighted by Gasteiger charge is -2.46. The van der Waals surface area contributed by atoms with Crippen LogP contribution in [0.4, 0.5) is 0 Å². The molecule has 39 heavy (non-hydrogen) atoms. The van der Waals surface area contributed by atoms with Crippen LogP contribution < -0.4 is 9.47 Å². The SMILES string of the molecule is CCCCOc1cccc(CC(O)(CCC)[C@@H](O)[C@@](O)(Cc2cccc(OCCCC)c2)[C@H](O)[C@@H](O)CO)c1. The average molecular weight is 549 g/mol. The summed E-state index contributed by atoms with van der Waals surface area (Å²) in [7, 11) is 0. The van der Waals surface area contributed by atoms with Gasteiger partial charge >= 0.3 is 0 Å². The summed E-state index contributed by atoms with van der Waals surface area (Å²) in [6, 6.07) is 14.1. The molecule has 0 aromatic heterocycles. The zero-order valence-corrected chi connectivity index (χ0v) is 23.6. The van der Waals surface area contributed by atoms with Crippen molar-refractivity contribution in [1.29, 1.82) is 0 Å². The summed E-state index contributed by atoms with van der Waals surface area (Å²) in [4.78, 5) is 0. The first-order chi connectivity index (χ1) is 18.6. The Labute approximate surface area is 232 Å². The number of aliphatic hydroxyl groups excluding tert-OH is 4. The van der Waals surface area contributed by atoms with Gasteiger partial charge in [0.25, 0.3) is 0 Å². The molecule has 1 unspecified atom stereocenters. The summed E-state index contributed by atoms with van der Waals surface area (Å²) in [5, 5.41) is 66.1. The van der Waals surface area contributed by atoms with E-state index in [-0.39, 0.29) is 19.3 Å². The fourth-order valence-corrected chi connectivity index (χ4v) is 4.86. The van der Waals surface area contributed by atoms with Gasteiger partial charge in [-0.1, -0.05) is 64.3 Å². The molecule has 0 heterocycles. The molecule has 220 valence electrons. The van der Waals surface area contributed by atoms with Crippen molar-refractivity contribution < 1.29 is 40.1 Å². The molecule has 8 nitrogen and oxygen atoms in total. The first-order valence-corrected chi connectivity index (χ1v) is 14.2. The van der Waals surface area contributed by atoms with Crippen LogP contribution in [0.1, 0.15) is 70.4 Å². The molecule has 6 N–H and O–H groups in total. The van der Waals surface area contributed by atoms with E-state index in [0.717, 1.165) is 25.7 Å². The first kappa shape index (κ1) is 33.0. The number of unbranched alkanes of at least 4 members (excludes halogenated alkanes) is 2. The fraction of sp³-hybridized carbons (Fsp3) is 0.613. The molecule has 0 bridgehead atoms. The minimum Gasteiger partial charge on any atom is -0.494 e. The molecule has 2 aromatic rings. The summed E-state index contributed by atoms with van der Waals surface area (Å²) >= 11 is 0. The van der Waals surface area contributed by atoms with Gasteiger partial charge in [0.15, 0.2) is 0 Å². The van der Waals surface area contributed by atoms with Crippen LogP contribution in [0.25, 0.3) is 0 Å². The van der Waals surface area contributed by atoms with Crippen molar-refractivity contribution in [2.24, 2.45) is 0 Å². The van der Waals surface area contributed by atoms with Gasteiger partial charge in [0.2, 0.25) is 0 Å². The Hall–Kier alpha value is -2.20. The highest BCUT2D eigenvalue weighted by Gasteiger charge is 2.54. The second-order valence-electron chi connectivity index (χ2n) is 10.5. The van der Waals surface area contributed by atoms with Crippen molar-refractivity contribution in [2.75, 3.05) is 19.8 Å². The fourth-order valence-electron chi connectivity index (χ4n) is 4.86. The van der Waals surface area contributed by atoms with E-state index in [1.807, 2.05) is 13.0 Å². The third-order valence-electron chi connectivity index (χ3n) is 7.06. The van der Waals surface area contributed by atoms with Gasteiger partial charge < -0.3 is 40.1 Å². The normalized spacial score (nSPS) is 17.1. The summed E-state index contributed by atoms with van der Waals surface area (Å²) < 4.78 is 11.6. The molecular weight excluding hydrogens is 500 g/mol. The van der Waals surface area contributed by atoms with Crippen LogP contribution in [0.2, 0.25) is 0 Å². The van der Waals surface area contributed by atoms with Gasteiger partial charge in [0.05, 0.1) is 25.4 Å². The van der Waals surface area contributed by atoms with E-state index < -0.39 is 36.1 Å². The Morgan fingerprint density at radius 1 is 0.744 bits per heavy atom. The van der Waals surface area contributed by atoms with Crippen molar-refractivity contribution in [3.63, 3.8) is 0 Å². The highest BCUT2D eigenvalue weighted by Crippen LogP contribution is 2.36. The largest absolute Gasteiger partial charge is 0.494 e. The third-order valence-corrected chi connectivity index (χ3v) is 7.06. The number of hydrogen-bond acceptors (Lipinski definition) is 8. The first-order valence-electron chi connectivity index (χ1n) is 14.2. The van der Waals surface area contributed by atoms with Crippen molar-refractivity contribution in [3.8, 4) is 11.5 Å². The molecule has 0 fully saturated rings. The highest BCUT2D eigenvalue weighted by molar-refractivity contribution is 5.32. The van der Waals surface area contributed by atoms with Crippen LogP contribution in [-0.2, 0) is 12.8 Å². The molecule has 0 spiro atoms. The minimum absolute atomic E-state index is 0.0304. The maximum Gasteiger partial charge on any atom is 0.126 e. The molecule has 0 saturated carbocycles. The molecule has 2 rings (SSSR count). The Morgan fingerprint density at radius 2 is 1.26 bits per heavy atom. The van der Waals surface area contributed by atoms with Crippen molar-refractivity contribution in [3.05, 3.63) is 59.7 Å². The number of aliphatic hydroxyl groups is 6. The lowest BCUT2D eigenvalue weighted by atomic mass is 9.71. The number of rotatable bonds is 19. The van der Waals surface area contributed by atoms with Gasteiger partial charge in [0, 0.05) is 12.8 Å². The van der Waals surface area contributed by atoms with E-state index in [9.17, 15) is 30.6 Å². The number of benzene rings is 2. The second kappa shape index (κ2) is 16.2. The van der Waals surface area contributed by atoms with Crippen LogP contribution in [0.3, 0.4) is 0 Å². The smallest absolute Gasteiger partial charge is 0.126 e. The van der Waals surface area contributed by atoms with Gasteiger partial charge in [0.1, 0.15) is 35.4 Å². The number of ether oxygens (including phenoxy) is 2. The van der Waals surface area contributed by atoms with Crippen LogP contribution in [0, 0.1) is 0 Å². The second-order valence-corrected chi connectivity index (χ2v) is 10.5. The molecule has 0 radical (unpaired) electrons. The Balaban J connectivity index is 2.41. The lowest BCUT2D eigenvalue weighted by Crippen LogP contribution is -2.66. The minimum atomic E-state index is -2.40. The van der Waals surface area contributed by atoms with Gasteiger partial charge in [-0.3, -0.25) is 0 Å². The number of hydrogen-bond donors (Lipinski definition) is 6. The maximum absolute atomic E-state index is 11.8. The van der Waals surface area contributed by atoms with E-state index in [1.54, 1.807) is 42.5 Å². The van der Waals surface area contributed by atoms with Gasteiger partial charge in [-0.25, -0.2) is 0 Å². The summed E-state index contributed by atoms with van der Waals surface area (Å²) in [5.74, 6) is 1.21. The van der Waals surface area contributed by atoms with Crippen LogP contribution in [0.15, 0.2) is 48.5 Å².